The van der Waals surface area contributed by atoms with Gasteiger partial charge in [-0.3, -0.25) is 19.2 Å². The number of phenols is 2. The molecule has 2 heterocycles. The summed E-state index contributed by atoms with van der Waals surface area (Å²) in [5.74, 6) is -3.17. The van der Waals surface area contributed by atoms with Gasteiger partial charge in [0.25, 0.3) is 23.6 Å². The van der Waals surface area contributed by atoms with Gasteiger partial charge < -0.3 is 10.2 Å². The molecule has 4 aromatic carbocycles. The molecular formula is C26H14N2O6. The predicted molar refractivity (Wildman–Crippen MR) is 122 cm³/mol. The van der Waals surface area contributed by atoms with Crippen LogP contribution in [0.15, 0.2) is 72.8 Å². The molecule has 0 unspecified atom stereocenters. The maximum atomic E-state index is 13.4. The smallest absolute Gasteiger partial charge is 0.266 e. The highest BCUT2D eigenvalue weighted by molar-refractivity contribution is 6.42. The zero-order chi connectivity index (χ0) is 23.7. The molecule has 2 aliphatic rings. The van der Waals surface area contributed by atoms with Crippen LogP contribution in [0.5, 0.6) is 11.5 Å². The molecule has 4 amide bonds. The zero-order valence-electron chi connectivity index (χ0n) is 17.4. The van der Waals surface area contributed by atoms with Crippen LogP contribution in [-0.4, -0.2) is 33.8 Å². The maximum Gasteiger partial charge on any atom is 0.266 e. The second-order valence-corrected chi connectivity index (χ2v) is 7.94. The number of rotatable bonds is 2. The van der Waals surface area contributed by atoms with Gasteiger partial charge in [-0.2, -0.15) is 0 Å². The van der Waals surface area contributed by atoms with Gasteiger partial charge in [0.2, 0.25) is 0 Å². The number of aromatic hydroxyl groups is 2. The number of amides is 4. The van der Waals surface area contributed by atoms with Gasteiger partial charge in [0.1, 0.15) is 11.5 Å². The third-order valence-electron chi connectivity index (χ3n) is 6.14. The van der Waals surface area contributed by atoms with E-state index in [-0.39, 0.29) is 55.9 Å². The molecule has 0 saturated carbocycles. The Morgan fingerprint density at radius 2 is 0.735 bits per heavy atom. The Kier molecular flexibility index (Phi) is 3.91. The number of imide groups is 2. The van der Waals surface area contributed by atoms with Crippen LogP contribution in [0.3, 0.4) is 0 Å². The molecule has 4 aromatic rings. The number of phenolic OH excluding ortho intramolecular Hbond substituents is 2. The third-order valence-corrected chi connectivity index (χ3v) is 6.14. The molecule has 8 nitrogen and oxygen atoms in total. The average Bonchev–Trinajstić information content (AvgIpc) is 2.83. The van der Waals surface area contributed by atoms with Gasteiger partial charge in [-0.25, -0.2) is 9.80 Å². The first-order valence-electron chi connectivity index (χ1n) is 10.3. The number of nitrogens with zero attached hydrogens (tertiary/aromatic N) is 2. The van der Waals surface area contributed by atoms with E-state index in [1.807, 2.05) is 0 Å². The Hall–Kier alpha value is -4.98. The lowest BCUT2D eigenvalue weighted by Crippen LogP contribution is -2.43. The number of hydrogen-bond acceptors (Lipinski definition) is 6. The van der Waals surface area contributed by atoms with E-state index in [1.165, 1.54) is 48.5 Å². The van der Waals surface area contributed by atoms with E-state index in [4.69, 9.17) is 0 Å². The Labute approximate surface area is 191 Å². The van der Waals surface area contributed by atoms with Gasteiger partial charge in [-0.1, -0.05) is 24.3 Å². The van der Waals surface area contributed by atoms with Crippen molar-refractivity contribution in [2.75, 3.05) is 9.80 Å². The lowest BCUT2D eigenvalue weighted by molar-refractivity contribution is 0.0872. The fourth-order valence-electron chi connectivity index (χ4n) is 4.62. The molecule has 0 aliphatic carbocycles. The molecule has 0 bridgehead atoms. The number of para-hydroxylation sites is 4. The second kappa shape index (κ2) is 6.76. The van der Waals surface area contributed by atoms with E-state index in [0.29, 0.717) is 0 Å². The highest BCUT2D eigenvalue weighted by Crippen LogP contribution is 2.42. The van der Waals surface area contributed by atoms with Crippen molar-refractivity contribution in [3.63, 3.8) is 0 Å². The molecule has 34 heavy (non-hydrogen) atoms. The Balaban J connectivity index is 1.59. The van der Waals surface area contributed by atoms with Crippen molar-refractivity contribution >= 4 is 45.8 Å². The number of carbonyl (C=O) groups is 4. The quantitative estimate of drug-likeness (QED) is 0.448. The van der Waals surface area contributed by atoms with Crippen LogP contribution in [0, 0.1) is 0 Å². The molecule has 0 saturated heterocycles. The summed E-state index contributed by atoms with van der Waals surface area (Å²) in [5, 5.41) is 20.9. The number of carbonyl (C=O) groups excluding carboxylic acids is 4. The van der Waals surface area contributed by atoms with Crippen LogP contribution in [0.25, 0.3) is 10.8 Å². The largest absolute Gasteiger partial charge is 0.506 e. The van der Waals surface area contributed by atoms with Gasteiger partial charge in [0, 0.05) is 33.0 Å². The Morgan fingerprint density at radius 3 is 1.03 bits per heavy atom. The first kappa shape index (κ1) is 19.7. The minimum absolute atomic E-state index is 0.0365. The molecule has 0 fully saturated rings. The van der Waals surface area contributed by atoms with Crippen LogP contribution in [0.4, 0.5) is 11.4 Å². The third kappa shape index (κ3) is 2.42. The fourth-order valence-corrected chi connectivity index (χ4v) is 4.62. The molecular weight excluding hydrogens is 436 g/mol. The van der Waals surface area contributed by atoms with Crippen LogP contribution in [0.1, 0.15) is 41.4 Å². The van der Waals surface area contributed by atoms with Crippen LogP contribution >= 0.6 is 0 Å². The number of benzene rings is 4. The summed E-state index contributed by atoms with van der Waals surface area (Å²) < 4.78 is 0. The van der Waals surface area contributed by atoms with E-state index in [2.05, 4.69) is 0 Å². The number of anilines is 2. The molecule has 2 N–H and O–H groups in total. The summed E-state index contributed by atoms with van der Waals surface area (Å²) in [6, 6.07) is 17.7. The Morgan fingerprint density at radius 1 is 0.441 bits per heavy atom. The Bertz CT molecular complexity index is 1430. The van der Waals surface area contributed by atoms with Crippen LogP contribution in [-0.2, 0) is 0 Å². The predicted octanol–water partition coefficient (Wildman–Crippen LogP) is 3.85. The van der Waals surface area contributed by atoms with Gasteiger partial charge in [-0.05, 0) is 48.5 Å². The molecule has 8 heteroatoms. The summed E-state index contributed by atoms with van der Waals surface area (Å²) in [6.45, 7) is 0. The maximum absolute atomic E-state index is 13.4. The van der Waals surface area contributed by atoms with E-state index < -0.39 is 23.6 Å². The van der Waals surface area contributed by atoms with Crippen LogP contribution in [0.2, 0.25) is 0 Å². The van der Waals surface area contributed by atoms with E-state index in [0.717, 1.165) is 9.80 Å². The molecule has 0 radical (unpaired) electrons. The van der Waals surface area contributed by atoms with Crippen molar-refractivity contribution < 1.29 is 29.4 Å². The fraction of sp³-hybridized carbons (Fsp3) is 0. The van der Waals surface area contributed by atoms with E-state index >= 15 is 0 Å². The average molecular weight is 450 g/mol. The minimum atomic E-state index is -0.675. The SMILES string of the molecule is O=C1c2ccc3c4c(ccc(c24)C(=O)N1c1ccccc1O)C(=O)N(c1ccccc1O)C3=O. The molecule has 0 atom stereocenters. The first-order valence-corrected chi connectivity index (χ1v) is 10.3. The van der Waals surface area contributed by atoms with E-state index in [1.54, 1.807) is 24.3 Å². The standard InChI is InChI=1S/C26H14N2O6/c29-19-7-3-1-5-17(19)27-23(31)13-9-11-15-22-16(12-10-14(21(13)22)24(27)32)26(34)28(25(15)33)18-6-2-4-8-20(18)30/h1-12,29-30H. The number of hydrogen-bond donors (Lipinski definition) is 2. The minimum Gasteiger partial charge on any atom is -0.506 e. The van der Waals surface area contributed by atoms with Gasteiger partial charge >= 0.3 is 0 Å². The lowest BCUT2D eigenvalue weighted by Gasteiger charge is -2.32. The molecule has 6 rings (SSSR count). The van der Waals surface area contributed by atoms with Crippen molar-refractivity contribution in [3.8, 4) is 11.5 Å². The van der Waals surface area contributed by atoms with E-state index in [9.17, 15) is 29.4 Å². The lowest BCUT2D eigenvalue weighted by atomic mass is 9.85. The zero-order valence-corrected chi connectivity index (χ0v) is 17.4. The highest BCUT2D eigenvalue weighted by atomic mass is 16.3. The van der Waals surface area contributed by atoms with Crippen LogP contribution < -0.4 is 9.80 Å². The normalized spacial score (nSPS) is 14.8. The summed E-state index contributed by atoms with van der Waals surface area (Å²) >= 11 is 0. The molecule has 0 spiro atoms. The van der Waals surface area contributed by atoms with Gasteiger partial charge in [-0.15, -0.1) is 0 Å². The second-order valence-electron chi connectivity index (χ2n) is 7.94. The van der Waals surface area contributed by atoms with Gasteiger partial charge in [0.05, 0.1) is 11.4 Å². The summed E-state index contributed by atoms with van der Waals surface area (Å²) in [4.78, 5) is 55.2. The van der Waals surface area contributed by atoms with Crippen molar-refractivity contribution in [2.24, 2.45) is 0 Å². The molecule has 0 aromatic heterocycles. The molecule has 2 aliphatic heterocycles. The monoisotopic (exact) mass is 450 g/mol. The van der Waals surface area contributed by atoms with Crippen molar-refractivity contribution in [1.82, 2.24) is 0 Å². The molecule has 164 valence electrons. The first-order chi connectivity index (χ1) is 16.4. The topological polar surface area (TPSA) is 115 Å². The summed E-state index contributed by atoms with van der Waals surface area (Å²) in [7, 11) is 0. The highest BCUT2D eigenvalue weighted by Gasteiger charge is 2.41. The summed E-state index contributed by atoms with van der Waals surface area (Å²) in [6.07, 6.45) is 0. The van der Waals surface area contributed by atoms with Crippen molar-refractivity contribution in [1.29, 1.82) is 0 Å². The van der Waals surface area contributed by atoms with Gasteiger partial charge in [0.15, 0.2) is 0 Å². The van der Waals surface area contributed by atoms with Crippen molar-refractivity contribution in [2.45, 2.75) is 0 Å². The van der Waals surface area contributed by atoms with Crippen molar-refractivity contribution in [3.05, 3.63) is 95.1 Å². The summed E-state index contributed by atoms with van der Waals surface area (Å²) in [5.41, 5.74) is 0.610.